The largest absolute Gasteiger partial charge is 0.398 e. The molecule has 0 saturated heterocycles. The van der Waals surface area contributed by atoms with Gasteiger partial charge in [0.2, 0.25) is 10.0 Å². The predicted molar refractivity (Wildman–Crippen MR) is 78.6 cm³/mol. The average Bonchev–Trinajstić information content (AvgIpc) is 2.31. The number of sulfonamides is 1. The number of hydrogen-bond donors (Lipinski definition) is 1. The Morgan fingerprint density at radius 2 is 1.79 bits per heavy atom. The standard InChI is InChI=1S/C13H23N3O2S/c1-11-12(14)7-5-8-13(11)19(17,18)16(4)10-6-9-15(2)3/h5,7-8H,6,9-10,14H2,1-4H3. The molecule has 1 rings (SSSR count). The van der Waals surface area contributed by atoms with Gasteiger partial charge in [0.15, 0.2) is 0 Å². The van der Waals surface area contributed by atoms with Crippen LogP contribution in [0, 0.1) is 6.92 Å². The number of nitrogens with two attached hydrogens (primary N) is 1. The van der Waals surface area contributed by atoms with Crippen molar-refractivity contribution in [2.75, 3.05) is 40.0 Å². The third-order valence-corrected chi connectivity index (χ3v) is 5.09. The van der Waals surface area contributed by atoms with Crippen molar-refractivity contribution in [3.63, 3.8) is 0 Å². The Bertz CT molecular complexity index is 527. The van der Waals surface area contributed by atoms with Gasteiger partial charge in [-0.1, -0.05) is 6.07 Å². The Hall–Kier alpha value is -1.11. The maximum atomic E-state index is 12.4. The number of benzene rings is 1. The van der Waals surface area contributed by atoms with E-state index in [0.717, 1.165) is 13.0 Å². The van der Waals surface area contributed by atoms with E-state index < -0.39 is 10.0 Å². The Balaban J connectivity index is 2.88. The summed E-state index contributed by atoms with van der Waals surface area (Å²) in [6.45, 7) is 3.08. The lowest BCUT2D eigenvalue weighted by molar-refractivity contribution is 0.370. The lowest BCUT2D eigenvalue weighted by Gasteiger charge is -2.20. The molecule has 0 heterocycles. The molecule has 0 saturated carbocycles. The van der Waals surface area contributed by atoms with Gasteiger partial charge in [-0.25, -0.2) is 12.7 Å². The molecule has 108 valence electrons. The third kappa shape index (κ3) is 3.92. The van der Waals surface area contributed by atoms with E-state index in [0.29, 0.717) is 22.7 Å². The van der Waals surface area contributed by atoms with E-state index in [1.165, 1.54) is 4.31 Å². The molecular weight excluding hydrogens is 262 g/mol. The lowest BCUT2D eigenvalue weighted by Crippen LogP contribution is -2.30. The topological polar surface area (TPSA) is 66.6 Å². The molecule has 1 aromatic carbocycles. The first kappa shape index (κ1) is 15.9. The van der Waals surface area contributed by atoms with Gasteiger partial charge in [-0.2, -0.15) is 0 Å². The van der Waals surface area contributed by atoms with Crippen LogP contribution in [0.25, 0.3) is 0 Å². The van der Waals surface area contributed by atoms with Gasteiger partial charge in [-0.3, -0.25) is 0 Å². The molecular formula is C13H23N3O2S. The smallest absolute Gasteiger partial charge is 0.243 e. The van der Waals surface area contributed by atoms with E-state index in [4.69, 9.17) is 5.73 Å². The van der Waals surface area contributed by atoms with Crippen LogP contribution in [0.15, 0.2) is 23.1 Å². The molecule has 6 heteroatoms. The fourth-order valence-electron chi connectivity index (χ4n) is 1.81. The molecule has 5 nitrogen and oxygen atoms in total. The maximum absolute atomic E-state index is 12.4. The number of hydrogen-bond acceptors (Lipinski definition) is 4. The van der Waals surface area contributed by atoms with Gasteiger partial charge >= 0.3 is 0 Å². The van der Waals surface area contributed by atoms with Crippen LogP contribution in [0.5, 0.6) is 0 Å². The zero-order chi connectivity index (χ0) is 14.6. The summed E-state index contributed by atoms with van der Waals surface area (Å²) in [5, 5.41) is 0. The minimum Gasteiger partial charge on any atom is -0.398 e. The zero-order valence-corrected chi connectivity index (χ0v) is 12.9. The highest BCUT2D eigenvalue weighted by Crippen LogP contribution is 2.23. The molecule has 0 unspecified atom stereocenters. The summed E-state index contributed by atoms with van der Waals surface area (Å²) in [6, 6.07) is 4.98. The van der Waals surface area contributed by atoms with Crippen LogP contribution in [0.4, 0.5) is 5.69 Å². The Kier molecular flexibility index (Phi) is 5.34. The molecule has 0 aliphatic heterocycles. The molecule has 0 aromatic heterocycles. The Morgan fingerprint density at radius 1 is 1.16 bits per heavy atom. The van der Waals surface area contributed by atoms with E-state index in [2.05, 4.69) is 0 Å². The van der Waals surface area contributed by atoms with Crippen molar-refractivity contribution < 1.29 is 8.42 Å². The van der Waals surface area contributed by atoms with Gasteiger partial charge in [-0.15, -0.1) is 0 Å². The van der Waals surface area contributed by atoms with Crippen LogP contribution in [-0.2, 0) is 10.0 Å². The van der Waals surface area contributed by atoms with E-state index in [9.17, 15) is 8.42 Å². The molecule has 19 heavy (non-hydrogen) atoms. The molecule has 0 aliphatic carbocycles. The molecule has 0 atom stereocenters. The monoisotopic (exact) mass is 285 g/mol. The van der Waals surface area contributed by atoms with Crippen molar-refractivity contribution in [2.45, 2.75) is 18.2 Å². The van der Waals surface area contributed by atoms with Gasteiger partial charge in [0, 0.05) is 19.3 Å². The molecule has 0 spiro atoms. The van der Waals surface area contributed by atoms with Gasteiger partial charge in [0.25, 0.3) is 0 Å². The molecule has 0 aliphatic rings. The predicted octanol–water partition coefficient (Wildman–Crippen LogP) is 1.15. The number of anilines is 1. The van der Waals surface area contributed by atoms with E-state index in [1.807, 2.05) is 19.0 Å². The van der Waals surface area contributed by atoms with Crippen LogP contribution in [0.1, 0.15) is 12.0 Å². The Labute approximate surface area is 116 Å². The zero-order valence-electron chi connectivity index (χ0n) is 12.0. The quantitative estimate of drug-likeness (QED) is 0.796. The molecule has 0 amide bonds. The summed E-state index contributed by atoms with van der Waals surface area (Å²) in [6.07, 6.45) is 0.796. The van der Waals surface area contributed by atoms with Crippen LogP contribution in [-0.4, -0.2) is 51.9 Å². The van der Waals surface area contributed by atoms with Crippen molar-refractivity contribution in [2.24, 2.45) is 0 Å². The summed E-state index contributed by atoms with van der Waals surface area (Å²) < 4.78 is 26.3. The van der Waals surface area contributed by atoms with Crippen LogP contribution >= 0.6 is 0 Å². The summed E-state index contributed by atoms with van der Waals surface area (Å²) in [4.78, 5) is 2.33. The average molecular weight is 285 g/mol. The summed E-state index contributed by atoms with van der Waals surface area (Å²) in [5.74, 6) is 0. The molecule has 0 radical (unpaired) electrons. The van der Waals surface area contributed by atoms with Crippen molar-refractivity contribution in [1.82, 2.24) is 9.21 Å². The fourth-order valence-corrected chi connectivity index (χ4v) is 3.27. The number of nitrogen functional groups attached to an aromatic ring is 1. The van der Waals surface area contributed by atoms with Gasteiger partial charge in [0.1, 0.15) is 0 Å². The summed E-state index contributed by atoms with van der Waals surface area (Å²) in [7, 11) is 2.09. The van der Waals surface area contributed by atoms with Gasteiger partial charge in [-0.05, 0) is 51.7 Å². The Morgan fingerprint density at radius 3 is 2.37 bits per heavy atom. The summed E-state index contributed by atoms with van der Waals surface area (Å²) >= 11 is 0. The second kappa shape index (κ2) is 6.36. The van der Waals surface area contributed by atoms with E-state index in [-0.39, 0.29) is 0 Å². The minimum absolute atomic E-state index is 0.292. The first-order valence-corrected chi connectivity index (χ1v) is 7.67. The van der Waals surface area contributed by atoms with Crippen molar-refractivity contribution in [1.29, 1.82) is 0 Å². The van der Waals surface area contributed by atoms with Crippen molar-refractivity contribution in [3.8, 4) is 0 Å². The van der Waals surface area contributed by atoms with Crippen LogP contribution < -0.4 is 5.73 Å². The maximum Gasteiger partial charge on any atom is 0.243 e. The van der Waals surface area contributed by atoms with Gasteiger partial charge < -0.3 is 10.6 Å². The van der Waals surface area contributed by atoms with Crippen LogP contribution in [0.3, 0.4) is 0 Å². The third-order valence-electron chi connectivity index (χ3n) is 3.09. The van der Waals surface area contributed by atoms with Gasteiger partial charge in [0.05, 0.1) is 4.90 Å². The van der Waals surface area contributed by atoms with Crippen molar-refractivity contribution in [3.05, 3.63) is 23.8 Å². The first-order chi connectivity index (χ1) is 8.76. The number of rotatable bonds is 6. The molecule has 1 aromatic rings. The molecule has 0 fully saturated rings. The second-order valence-electron chi connectivity index (χ2n) is 4.95. The molecule has 0 bridgehead atoms. The lowest BCUT2D eigenvalue weighted by atomic mass is 10.2. The molecule has 2 N–H and O–H groups in total. The highest BCUT2D eigenvalue weighted by Gasteiger charge is 2.22. The number of nitrogens with zero attached hydrogens (tertiary/aromatic N) is 2. The van der Waals surface area contributed by atoms with Crippen molar-refractivity contribution >= 4 is 15.7 Å². The highest BCUT2D eigenvalue weighted by molar-refractivity contribution is 7.89. The van der Waals surface area contributed by atoms with E-state index in [1.54, 1.807) is 32.2 Å². The van der Waals surface area contributed by atoms with E-state index >= 15 is 0 Å². The SMILES string of the molecule is Cc1c(N)cccc1S(=O)(=O)N(C)CCCN(C)C. The highest BCUT2D eigenvalue weighted by atomic mass is 32.2. The summed E-state index contributed by atoms with van der Waals surface area (Å²) in [5.41, 5.74) is 6.88. The fraction of sp³-hybridized carbons (Fsp3) is 0.538. The first-order valence-electron chi connectivity index (χ1n) is 6.23. The van der Waals surface area contributed by atoms with Crippen LogP contribution in [0.2, 0.25) is 0 Å². The minimum atomic E-state index is -3.46. The normalized spacial score (nSPS) is 12.3. The second-order valence-corrected chi connectivity index (χ2v) is 6.97.